The van der Waals surface area contributed by atoms with Crippen LogP contribution in [0.2, 0.25) is 0 Å². The number of rotatable bonds is 4. The van der Waals surface area contributed by atoms with E-state index in [2.05, 4.69) is 102 Å². The molecule has 0 aliphatic heterocycles. The highest BCUT2D eigenvalue weighted by molar-refractivity contribution is 6.21. The van der Waals surface area contributed by atoms with Gasteiger partial charge in [0.1, 0.15) is 33.4 Å². The molecule has 0 saturated heterocycles. The van der Waals surface area contributed by atoms with Crippen molar-refractivity contribution in [1.82, 2.24) is 19.5 Å². The minimum atomic E-state index is 0.467. The third-order valence-electron chi connectivity index (χ3n) is 11.5. The van der Waals surface area contributed by atoms with Crippen molar-refractivity contribution < 1.29 is 13.3 Å². The lowest BCUT2D eigenvalue weighted by atomic mass is 9.97. The van der Waals surface area contributed by atoms with Crippen molar-refractivity contribution >= 4 is 87.6 Å². The number of benzene rings is 8. The molecule has 0 saturated carbocycles. The van der Waals surface area contributed by atoms with Gasteiger partial charge in [-0.25, -0.2) is 4.98 Å². The van der Waals surface area contributed by atoms with E-state index in [-0.39, 0.29) is 0 Å². The van der Waals surface area contributed by atoms with Gasteiger partial charge in [-0.3, -0.25) is 4.57 Å². The normalized spacial score (nSPS) is 12.1. The second-order valence-corrected chi connectivity index (χ2v) is 14.7. The third-order valence-corrected chi connectivity index (χ3v) is 11.5. The van der Waals surface area contributed by atoms with Gasteiger partial charge in [0.05, 0.1) is 5.52 Å². The van der Waals surface area contributed by atoms with Crippen LogP contribution in [-0.4, -0.2) is 19.5 Å². The molecule has 0 atom stereocenters. The lowest BCUT2D eigenvalue weighted by Gasteiger charge is -2.12. The largest absolute Gasteiger partial charge is 0.456 e. The molecule has 0 fully saturated rings. The molecule has 7 heteroatoms. The first-order chi connectivity index (χ1) is 28.7. The van der Waals surface area contributed by atoms with Gasteiger partial charge in [0.2, 0.25) is 5.95 Å². The Hall–Kier alpha value is -8.03. The number of furan rings is 3. The Kier molecular flexibility index (Phi) is 6.32. The molecule has 0 aliphatic rings. The summed E-state index contributed by atoms with van der Waals surface area (Å²) >= 11 is 0. The minimum absolute atomic E-state index is 0.467. The van der Waals surface area contributed by atoms with E-state index in [0.717, 1.165) is 110 Å². The molecule has 58 heavy (non-hydrogen) atoms. The average Bonchev–Trinajstić information content (AvgIpc) is 4.05. The molecule has 0 unspecified atom stereocenters. The zero-order chi connectivity index (χ0) is 37.9. The number of hydrogen-bond donors (Lipinski definition) is 0. The van der Waals surface area contributed by atoms with E-state index in [1.165, 1.54) is 0 Å². The molecule has 0 amide bonds. The quantitative estimate of drug-likeness (QED) is 0.178. The molecule has 270 valence electrons. The van der Waals surface area contributed by atoms with Crippen LogP contribution in [0.15, 0.2) is 183 Å². The van der Waals surface area contributed by atoms with Gasteiger partial charge in [0.25, 0.3) is 0 Å². The van der Waals surface area contributed by atoms with Gasteiger partial charge >= 0.3 is 0 Å². The van der Waals surface area contributed by atoms with Crippen LogP contribution in [0.4, 0.5) is 0 Å². The topological polar surface area (TPSA) is 83.0 Å². The summed E-state index contributed by atoms with van der Waals surface area (Å²) in [7, 11) is 0. The van der Waals surface area contributed by atoms with Crippen molar-refractivity contribution in [2.24, 2.45) is 0 Å². The van der Waals surface area contributed by atoms with E-state index < -0.39 is 0 Å². The monoisotopic (exact) mass is 744 g/mol. The van der Waals surface area contributed by atoms with E-state index in [9.17, 15) is 0 Å². The highest BCUT2D eigenvalue weighted by atomic mass is 16.3. The zero-order valence-electron chi connectivity index (χ0n) is 30.7. The molecule has 7 nitrogen and oxygen atoms in total. The second-order valence-electron chi connectivity index (χ2n) is 14.7. The first-order valence-corrected chi connectivity index (χ1v) is 19.3. The molecule has 0 spiro atoms. The van der Waals surface area contributed by atoms with Crippen LogP contribution in [0.1, 0.15) is 0 Å². The molecule has 0 radical (unpaired) electrons. The SMILES string of the molecule is c1ccc(-c2cc(-c3nc(-c4ccc5c(c4)oc4ccccc45)nc(-n4c5ccccc5c5ccc6c7ccccc7oc6c54)n3)cc3oc4ccccc4c23)cc1. The molecule has 5 heterocycles. The van der Waals surface area contributed by atoms with Crippen molar-refractivity contribution in [1.29, 1.82) is 0 Å². The molecule has 8 aromatic carbocycles. The number of fused-ring (bicyclic) bond motifs is 13. The predicted octanol–water partition coefficient (Wildman–Crippen LogP) is 13.7. The van der Waals surface area contributed by atoms with Crippen LogP contribution in [0.25, 0.3) is 127 Å². The minimum Gasteiger partial charge on any atom is -0.456 e. The summed E-state index contributed by atoms with van der Waals surface area (Å²) in [6, 6.07) is 58.0. The van der Waals surface area contributed by atoms with Gasteiger partial charge < -0.3 is 13.3 Å². The highest BCUT2D eigenvalue weighted by Crippen LogP contribution is 2.42. The number of aromatic nitrogens is 4. The fraction of sp³-hybridized carbons (Fsp3) is 0. The van der Waals surface area contributed by atoms with Crippen LogP contribution < -0.4 is 0 Å². The molecule has 5 aromatic heterocycles. The van der Waals surface area contributed by atoms with E-state index in [1.54, 1.807) is 0 Å². The molecule has 0 N–H and O–H groups in total. The maximum atomic E-state index is 6.69. The summed E-state index contributed by atoms with van der Waals surface area (Å²) in [6.07, 6.45) is 0. The Labute approximate surface area is 329 Å². The lowest BCUT2D eigenvalue weighted by molar-refractivity contribution is 0.668. The summed E-state index contributed by atoms with van der Waals surface area (Å²) in [5.41, 5.74) is 10.3. The van der Waals surface area contributed by atoms with Crippen LogP contribution in [0, 0.1) is 0 Å². The Morgan fingerprint density at radius 3 is 1.74 bits per heavy atom. The maximum Gasteiger partial charge on any atom is 0.238 e. The van der Waals surface area contributed by atoms with Crippen LogP contribution >= 0.6 is 0 Å². The zero-order valence-corrected chi connectivity index (χ0v) is 30.7. The van der Waals surface area contributed by atoms with Crippen LogP contribution in [-0.2, 0) is 0 Å². The molecular weight excluding hydrogens is 717 g/mol. The molecule has 0 aliphatic carbocycles. The lowest BCUT2D eigenvalue weighted by Crippen LogP contribution is -2.06. The Morgan fingerprint density at radius 1 is 0.362 bits per heavy atom. The summed E-state index contributed by atoms with van der Waals surface area (Å²) in [5.74, 6) is 1.48. The number of nitrogens with zero attached hydrogens (tertiary/aromatic N) is 4. The second kappa shape index (κ2) is 11.7. The van der Waals surface area contributed by atoms with Crippen molar-refractivity contribution in [3.63, 3.8) is 0 Å². The van der Waals surface area contributed by atoms with E-state index in [0.29, 0.717) is 17.6 Å². The fourth-order valence-electron chi connectivity index (χ4n) is 8.86. The summed E-state index contributed by atoms with van der Waals surface area (Å²) in [6.45, 7) is 0. The molecular formula is C51H28N4O3. The summed E-state index contributed by atoms with van der Waals surface area (Å²) < 4.78 is 21.7. The van der Waals surface area contributed by atoms with Crippen molar-refractivity contribution in [2.45, 2.75) is 0 Å². The third kappa shape index (κ3) is 4.46. The van der Waals surface area contributed by atoms with Gasteiger partial charge in [0, 0.05) is 54.2 Å². The Balaban J connectivity index is 1.14. The van der Waals surface area contributed by atoms with Gasteiger partial charge in [-0.05, 0) is 65.7 Å². The average molecular weight is 745 g/mol. The first-order valence-electron chi connectivity index (χ1n) is 19.3. The standard InChI is InChI=1S/C51H28N4O3/c1-2-12-29(13-3-1)39-26-31(28-45-46(39)38-17-7-11-21-43(38)57-45)50-52-49(30-22-23-35-33-15-5-9-19-41(33)56-44(35)27-30)53-51(54-50)55-40-18-8-4-14-32(40)36-24-25-37-34-16-6-10-20-42(34)58-48(37)47(36)55/h1-28H. The van der Waals surface area contributed by atoms with Crippen LogP contribution in [0.5, 0.6) is 0 Å². The van der Waals surface area contributed by atoms with Gasteiger partial charge in [-0.2, -0.15) is 9.97 Å². The van der Waals surface area contributed by atoms with Gasteiger partial charge in [-0.1, -0.05) is 115 Å². The Morgan fingerprint density at radius 2 is 0.931 bits per heavy atom. The molecule has 13 aromatic rings. The Bertz CT molecular complexity index is 3810. The van der Waals surface area contributed by atoms with E-state index in [4.69, 9.17) is 28.2 Å². The van der Waals surface area contributed by atoms with E-state index >= 15 is 0 Å². The van der Waals surface area contributed by atoms with Crippen molar-refractivity contribution in [3.05, 3.63) is 170 Å². The smallest absolute Gasteiger partial charge is 0.238 e. The predicted molar refractivity (Wildman–Crippen MR) is 232 cm³/mol. The fourth-order valence-corrected chi connectivity index (χ4v) is 8.86. The number of hydrogen-bond acceptors (Lipinski definition) is 6. The number of para-hydroxylation sites is 4. The maximum absolute atomic E-state index is 6.69. The van der Waals surface area contributed by atoms with Crippen molar-refractivity contribution in [3.8, 4) is 39.9 Å². The van der Waals surface area contributed by atoms with Gasteiger partial charge in [0.15, 0.2) is 17.2 Å². The van der Waals surface area contributed by atoms with Crippen molar-refractivity contribution in [2.75, 3.05) is 0 Å². The first kappa shape index (κ1) is 31.2. The van der Waals surface area contributed by atoms with Crippen LogP contribution in [0.3, 0.4) is 0 Å². The summed E-state index contributed by atoms with van der Waals surface area (Å²) in [5, 5.41) is 8.40. The van der Waals surface area contributed by atoms with Gasteiger partial charge in [-0.15, -0.1) is 0 Å². The molecule has 0 bridgehead atoms. The highest BCUT2D eigenvalue weighted by Gasteiger charge is 2.23. The van der Waals surface area contributed by atoms with E-state index in [1.807, 2.05) is 72.8 Å². The summed E-state index contributed by atoms with van der Waals surface area (Å²) in [4.78, 5) is 15.9. The molecule has 13 rings (SSSR count).